The lowest BCUT2D eigenvalue weighted by Crippen LogP contribution is -2.42. The molecule has 24 heavy (non-hydrogen) atoms. The molecule has 1 aromatic carbocycles. The lowest BCUT2D eigenvalue weighted by Gasteiger charge is -2.22. The maximum absolute atomic E-state index is 13.6. The highest BCUT2D eigenvalue weighted by Crippen LogP contribution is 2.33. The molecule has 1 aliphatic rings. The van der Waals surface area contributed by atoms with E-state index in [-0.39, 0.29) is 6.04 Å². The Bertz CT molecular complexity index is 961. The first kappa shape index (κ1) is 15.6. The summed E-state index contributed by atoms with van der Waals surface area (Å²) in [4.78, 5) is 11.5. The van der Waals surface area contributed by atoms with Crippen LogP contribution in [0.5, 0.6) is 5.88 Å². The van der Waals surface area contributed by atoms with E-state index in [4.69, 9.17) is 0 Å². The van der Waals surface area contributed by atoms with Gasteiger partial charge in [0.25, 0.3) is 5.65 Å². The van der Waals surface area contributed by atoms with E-state index >= 15 is 0 Å². The van der Waals surface area contributed by atoms with Crippen molar-refractivity contribution in [1.82, 2.24) is 4.40 Å². The number of hydrogen-bond donors (Lipinski definition) is 0. The SMILES string of the molecule is O=C(F)c1c([O-])[n+](C2CCCCC2)c2c3ccccc3c(Br)cn12. The molecule has 0 bridgehead atoms. The van der Waals surface area contributed by atoms with E-state index in [2.05, 4.69) is 15.9 Å². The van der Waals surface area contributed by atoms with Crippen molar-refractivity contribution < 1.29 is 18.9 Å². The van der Waals surface area contributed by atoms with Crippen LogP contribution in [0, 0.1) is 0 Å². The summed E-state index contributed by atoms with van der Waals surface area (Å²) in [6.07, 6.45) is 6.61. The van der Waals surface area contributed by atoms with Crippen LogP contribution >= 0.6 is 15.9 Å². The topological polar surface area (TPSA) is 48.4 Å². The first-order valence-electron chi connectivity index (χ1n) is 8.13. The Balaban J connectivity index is 2.15. The molecule has 0 spiro atoms. The number of pyridine rings is 1. The second kappa shape index (κ2) is 5.84. The van der Waals surface area contributed by atoms with Gasteiger partial charge in [-0.25, -0.2) is 4.57 Å². The number of hydrogen-bond acceptors (Lipinski definition) is 2. The van der Waals surface area contributed by atoms with E-state index < -0.39 is 17.6 Å². The summed E-state index contributed by atoms with van der Waals surface area (Å²) in [5.41, 5.74) is 0.189. The molecule has 2 aromatic heterocycles. The first-order valence-corrected chi connectivity index (χ1v) is 8.92. The molecule has 6 heteroatoms. The van der Waals surface area contributed by atoms with Crippen LogP contribution in [0.25, 0.3) is 16.4 Å². The van der Waals surface area contributed by atoms with E-state index in [1.165, 1.54) is 4.40 Å². The largest absolute Gasteiger partial charge is 0.839 e. The van der Waals surface area contributed by atoms with Gasteiger partial charge in [0, 0.05) is 5.39 Å². The van der Waals surface area contributed by atoms with Crippen molar-refractivity contribution in [3.63, 3.8) is 0 Å². The number of rotatable bonds is 2. The molecule has 4 rings (SSSR count). The van der Waals surface area contributed by atoms with Crippen molar-refractivity contribution in [2.75, 3.05) is 0 Å². The molecule has 1 fully saturated rings. The number of imidazole rings is 1. The zero-order valence-corrected chi connectivity index (χ0v) is 14.6. The van der Waals surface area contributed by atoms with Gasteiger partial charge in [0.1, 0.15) is 18.1 Å². The Morgan fingerprint density at radius 2 is 1.88 bits per heavy atom. The van der Waals surface area contributed by atoms with Crippen LogP contribution < -0.4 is 9.67 Å². The lowest BCUT2D eigenvalue weighted by atomic mass is 9.95. The van der Waals surface area contributed by atoms with Crippen molar-refractivity contribution in [1.29, 1.82) is 0 Å². The van der Waals surface area contributed by atoms with Gasteiger partial charge in [-0.1, -0.05) is 24.6 Å². The van der Waals surface area contributed by atoms with Gasteiger partial charge in [-0.15, -0.1) is 0 Å². The Morgan fingerprint density at radius 3 is 2.54 bits per heavy atom. The summed E-state index contributed by atoms with van der Waals surface area (Å²) < 4.78 is 17.4. The zero-order chi connectivity index (χ0) is 16.8. The summed E-state index contributed by atoms with van der Waals surface area (Å²) in [6.45, 7) is 0. The number of fused-ring (bicyclic) bond motifs is 3. The van der Waals surface area contributed by atoms with E-state index in [0.717, 1.165) is 47.3 Å². The fourth-order valence-corrected chi connectivity index (χ4v) is 4.40. The lowest BCUT2D eigenvalue weighted by molar-refractivity contribution is -0.736. The third kappa shape index (κ3) is 2.24. The van der Waals surface area contributed by atoms with E-state index in [0.29, 0.717) is 5.65 Å². The molecule has 0 saturated heterocycles. The number of aromatic nitrogens is 2. The van der Waals surface area contributed by atoms with Crippen LogP contribution in [0.3, 0.4) is 0 Å². The predicted octanol–water partition coefficient (Wildman–Crippen LogP) is 3.83. The summed E-state index contributed by atoms with van der Waals surface area (Å²) in [7, 11) is 0. The van der Waals surface area contributed by atoms with Crippen molar-refractivity contribution in [2.45, 2.75) is 38.1 Å². The second-order valence-electron chi connectivity index (χ2n) is 6.31. The van der Waals surface area contributed by atoms with Crippen LogP contribution in [-0.2, 0) is 0 Å². The van der Waals surface area contributed by atoms with Crippen LogP contribution in [0.15, 0.2) is 34.9 Å². The summed E-state index contributed by atoms with van der Waals surface area (Å²) >= 11 is 3.47. The number of carbonyl (C=O) groups excluding carboxylic acids is 1. The molecule has 4 nitrogen and oxygen atoms in total. The van der Waals surface area contributed by atoms with Gasteiger partial charge in [0.2, 0.25) is 5.69 Å². The first-order chi connectivity index (χ1) is 11.6. The molecule has 0 aliphatic heterocycles. The van der Waals surface area contributed by atoms with E-state index in [1.807, 2.05) is 24.3 Å². The van der Waals surface area contributed by atoms with Crippen molar-refractivity contribution in [3.05, 3.63) is 40.6 Å². The smallest absolute Gasteiger partial charge is 0.374 e. The number of carbonyl (C=O) groups is 1. The Labute approximate surface area is 146 Å². The van der Waals surface area contributed by atoms with Crippen LogP contribution in [0.2, 0.25) is 0 Å². The van der Waals surface area contributed by atoms with Crippen LogP contribution in [0.4, 0.5) is 4.39 Å². The average Bonchev–Trinajstić information content (AvgIpc) is 2.88. The maximum atomic E-state index is 13.6. The molecule has 0 N–H and O–H groups in total. The Morgan fingerprint density at radius 1 is 1.21 bits per heavy atom. The molecule has 1 aliphatic carbocycles. The fraction of sp³-hybridized carbons (Fsp3) is 0.333. The van der Waals surface area contributed by atoms with E-state index in [9.17, 15) is 14.3 Å². The zero-order valence-electron chi connectivity index (χ0n) is 13.0. The van der Waals surface area contributed by atoms with Crippen molar-refractivity contribution in [3.8, 4) is 5.88 Å². The Hall–Kier alpha value is -1.95. The standard InChI is InChI=1S/C18H16BrFN2O2/c19-14-10-21-15(16(20)23)18(24)22(11-6-2-1-3-7-11)17(21)13-9-5-4-8-12(13)14/h4-5,8-11H,1-3,6-7H2. The molecule has 0 atom stereocenters. The van der Waals surface area contributed by atoms with Crippen molar-refractivity contribution >= 4 is 38.4 Å². The highest BCUT2D eigenvalue weighted by Gasteiger charge is 2.32. The molecular formula is C18H16BrFN2O2. The van der Waals surface area contributed by atoms with Crippen LogP contribution in [-0.4, -0.2) is 10.4 Å². The fourth-order valence-electron chi connectivity index (χ4n) is 3.85. The number of nitrogens with zero attached hydrogens (tertiary/aromatic N) is 2. The quantitative estimate of drug-likeness (QED) is 0.493. The number of halogens is 2. The normalized spacial score (nSPS) is 16.1. The monoisotopic (exact) mass is 390 g/mol. The minimum atomic E-state index is -1.69. The predicted molar refractivity (Wildman–Crippen MR) is 89.8 cm³/mol. The second-order valence-corrected chi connectivity index (χ2v) is 7.16. The minimum Gasteiger partial charge on any atom is -0.839 e. The van der Waals surface area contributed by atoms with Crippen LogP contribution in [0.1, 0.15) is 48.6 Å². The third-order valence-corrected chi connectivity index (χ3v) is 5.54. The van der Waals surface area contributed by atoms with E-state index in [1.54, 1.807) is 10.8 Å². The highest BCUT2D eigenvalue weighted by molar-refractivity contribution is 9.10. The molecule has 3 aromatic rings. The van der Waals surface area contributed by atoms with Gasteiger partial charge >= 0.3 is 6.04 Å². The summed E-state index contributed by atoms with van der Waals surface area (Å²) in [5.74, 6) is -0.530. The highest BCUT2D eigenvalue weighted by atomic mass is 79.9. The molecule has 2 heterocycles. The van der Waals surface area contributed by atoms with Gasteiger partial charge in [0.05, 0.1) is 9.86 Å². The third-order valence-electron chi connectivity index (χ3n) is 4.91. The summed E-state index contributed by atoms with van der Waals surface area (Å²) in [6, 6.07) is 5.97. The summed E-state index contributed by atoms with van der Waals surface area (Å²) in [5, 5.41) is 14.6. The molecular weight excluding hydrogens is 375 g/mol. The number of benzene rings is 1. The minimum absolute atomic E-state index is 0.0129. The average molecular weight is 391 g/mol. The molecule has 1 saturated carbocycles. The van der Waals surface area contributed by atoms with Gasteiger partial charge in [-0.3, -0.25) is 4.79 Å². The van der Waals surface area contributed by atoms with Crippen molar-refractivity contribution in [2.24, 2.45) is 0 Å². The Kier molecular flexibility index (Phi) is 3.79. The van der Waals surface area contributed by atoms with Gasteiger partial charge in [-0.05, 0) is 47.7 Å². The van der Waals surface area contributed by atoms with Gasteiger partial charge in [0.15, 0.2) is 0 Å². The molecule has 0 amide bonds. The van der Waals surface area contributed by atoms with Gasteiger partial charge in [-0.2, -0.15) is 8.79 Å². The molecule has 0 unspecified atom stereocenters. The maximum Gasteiger partial charge on any atom is 0.374 e. The molecule has 0 radical (unpaired) electrons. The van der Waals surface area contributed by atoms with Gasteiger partial charge < -0.3 is 5.11 Å². The molecule has 124 valence electrons.